The summed E-state index contributed by atoms with van der Waals surface area (Å²) in [5, 5.41) is 0.734. The summed E-state index contributed by atoms with van der Waals surface area (Å²) in [4.78, 5) is 42.3. The van der Waals surface area contributed by atoms with Crippen LogP contribution in [0.25, 0.3) is 10.9 Å². The van der Waals surface area contributed by atoms with Crippen molar-refractivity contribution in [2.24, 2.45) is 11.8 Å². The van der Waals surface area contributed by atoms with Crippen LogP contribution in [0.5, 0.6) is 0 Å². The summed E-state index contributed by atoms with van der Waals surface area (Å²) >= 11 is 0. The molecule has 0 saturated carbocycles. The average molecular weight is 396 g/mol. The van der Waals surface area contributed by atoms with Gasteiger partial charge < -0.3 is 14.4 Å². The maximum absolute atomic E-state index is 13.1. The van der Waals surface area contributed by atoms with Crippen LogP contribution in [0.15, 0.2) is 30.5 Å². The fourth-order valence-electron chi connectivity index (χ4n) is 4.86. The molecule has 0 radical (unpaired) electrons. The van der Waals surface area contributed by atoms with E-state index in [2.05, 4.69) is 13.8 Å². The molecule has 3 heterocycles. The summed E-state index contributed by atoms with van der Waals surface area (Å²) in [5.41, 5.74) is 1.21. The molecule has 1 aromatic carbocycles. The van der Waals surface area contributed by atoms with Crippen molar-refractivity contribution in [3.63, 3.8) is 0 Å². The van der Waals surface area contributed by atoms with Crippen LogP contribution in [0.3, 0.4) is 0 Å². The number of para-hydroxylation sites is 1. The number of hydrogen-bond donors (Lipinski definition) is 0. The van der Waals surface area contributed by atoms with Gasteiger partial charge in [-0.1, -0.05) is 32.0 Å². The molecule has 2 fully saturated rings. The van der Waals surface area contributed by atoms with Crippen molar-refractivity contribution in [2.45, 2.75) is 39.7 Å². The summed E-state index contributed by atoms with van der Waals surface area (Å²) in [5.74, 6) is -0.0517. The SMILES string of the molecule is CC1CC(C)CN(C(=O)C(=O)c2cn(CC(=O)N3CCCC3)c3ccccc23)C1. The second-order valence-electron chi connectivity index (χ2n) is 8.76. The zero-order chi connectivity index (χ0) is 20.5. The highest BCUT2D eigenvalue weighted by Crippen LogP contribution is 2.25. The van der Waals surface area contributed by atoms with Crippen molar-refractivity contribution < 1.29 is 14.4 Å². The van der Waals surface area contributed by atoms with Crippen molar-refractivity contribution in [1.82, 2.24) is 14.4 Å². The number of piperidine rings is 1. The van der Waals surface area contributed by atoms with E-state index in [1.807, 2.05) is 33.7 Å². The number of carbonyl (C=O) groups is 3. The Balaban J connectivity index is 1.60. The van der Waals surface area contributed by atoms with E-state index in [4.69, 9.17) is 0 Å². The van der Waals surface area contributed by atoms with Gasteiger partial charge in [0.1, 0.15) is 6.54 Å². The number of fused-ring (bicyclic) bond motifs is 1. The Hall–Kier alpha value is -2.63. The third kappa shape index (κ3) is 3.93. The van der Waals surface area contributed by atoms with Crippen molar-refractivity contribution in [2.75, 3.05) is 26.2 Å². The highest BCUT2D eigenvalue weighted by molar-refractivity contribution is 6.44. The minimum Gasteiger partial charge on any atom is -0.341 e. The van der Waals surface area contributed by atoms with Crippen LogP contribution in [0.1, 0.15) is 43.5 Å². The number of amides is 2. The lowest BCUT2D eigenvalue weighted by atomic mass is 9.91. The molecule has 0 aliphatic carbocycles. The molecule has 0 bridgehead atoms. The average Bonchev–Trinajstić information content (AvgIpc) is 3.35. The van der Waals surface area contributed by atoms with E-state index in [9.17, 15) is 14.4 Å². The first-order valence-electron chi connectivity index (χ1n) is 10.6. The highest BCUT2D eigenvalue weighted by atomic mass is 16.2. The molecule has 2 unspecified atom stereocenters. The Labute approximate surface area is 171 Å². The van der Waals surface area contributed by atoms with Gasteiger partial charge in [-0.3, -0.25) is 14.4 Å². The quantitative estimate of drug-likeness (QED) is 0.591. The molecule has 1 aromatic heterocycles. The van der Waals surface area contributed by atoms with Crippen molar-refractivity contribution in [3.8, 4) is 0 Å². The molecule has 29 heavy (non-hydrogen) atoms. The molecule has 2 aliphatic rings. The minimum absolute atomic E-state index is 0.0623. The third-order valence-corrected chi connectivity index (χ3v) is 6.15. The summed E-state index contributed by atoms with van der Waals surface area (Å²) in [6.45, 7) is 7.29. The monoisotopic (exact) mass is 395 g/mol. The summed E-state index contributed by atoms with van der Waals surface area (Å²) in [6.07, 6.45) is 4.86. The molecule has 6 heteroatoms. The molecule has 2 saturated heterocycles. The Bertz CT molecular complexity index is 932. The Morgan fingerprint density at radius 2 is 1.62 bits per heavy atom. The zero-order valence-electron chi connectivity index (χ0n) is 17.3. The number of likely N-dealkylation sites (tertiary alicyclic amines) is 2. The topological polar surface area (TPSA) is 62.6 Å². The molecule has 6 nitrogen and oxygen atoms in total. The van der Waals surface area contributed by atoms with Gasteiger partial charge in [0.2, 0.25) is 5.91 Å². The Morgan fingerprint density at radius 1 is 0.966 bits per heavy atom. The largest absolute Gasteiger partial charge is 0.341 e. The first-order valence-corrected chi connectivity index (χ1v) is 10.6. The number of carbonyl (C=O) groups excluding carboxylic acids is 3. The molecule has 2 amide bonds. The molecule has 0 spiro atoms. The number of benzene rings is 1. The van der Waals surface area contributed by atoms with Gasteiger partial charge in [-0.05, 0) is 37.2 Å². The van der Waals surface area contributed by atoms with Gasteiger partial charge in [-0.15, -0.1) is 0 Å². The normalized spacial score (nSPS) is 22.3. The van der Waals surface area contributed by atoms with Crippen LogP contribution < -0.4 is 0 Å². The summed E-state index contributed by atoms with van der Waals surface area (Å²) < 4.78 is 1.82. The van der Waals surface area contributed by atoms with E-state index in [1.54, 1.807) is 11.1 Å². The molecule has 2 atom stereocenters. The van der Waals surface area contributed by atoms with E-state index in [0.717, 1.165) is 43.3 Å². The number of ketones is 1. The minimum atomic E-state index is -0.477. The number of hydrogen-bond acceptors (Lipinski definition) is 3. The number of aromatic nitrogens is 1. The Kier molecular flexibility index (Phi) is 5.43. The second kappa shape index (κ2) is 8.01. The molecule has 4 rings (SSSR count). The van der Waals surface area contributed by atoms with Gasteiger partial charge in [-0.25, -0.2) is 0 Å². The van der Waals surface area contributed by atoms with Gasteiger partial charge in [0.25, 0.3) is 11.7 Å². The number of nitrogens with zero attached hydrogens (tertiary/aromatic N) is 3. The van der Waals surface area contributed by atoms with Gasteiger partial charge in [0, 0.05) is 43.3 Å². The first-order chi connectivity index (χ1) is 13.9. The Morgan fingerprint density at radius 3 is 2.31 bits per heavy atom. The number of rotatable bonds is 4. The molecule has 2 aromatic rings. The van der Waals surface area contributed by atoms with E-state index in [-0.39, 0.29) is 12.5 Å². The molecule has 0 N–H and O–H groups in total. The van der Waals surface area contributed by atoms with Gasteiger partial charge in [-0.2, -0.15) is 0 Å². The van der Waals surface area contributed by atoms with E-state index in [0.29, 0.717) is 30.5 Å². The summed E-state index contributed by atoms with van der Waals surface area (Å²) in [6, 6.07) is 7.51. The van der Waals surface area contributed by atoms with Crippen LogP contribution in [0.4, 0.5) is 0 Å². The first kappa shape index (κ1) is 19.7. The summed E-state index contributed by atoms with van der Waals surface area (Å²) in [7, 11) is 0. The van der Waals surface area contributed by atoms with Crippen LogP contribution in [0.2, 0.25) is 0 Å². The van der Waals surface area contributed by atoms with Crippen molar-refractivity contribution >= 4 is 28.5 Å². The van der Waals surface area contributed by atoms with E-state index in [1.165, 1.54) is 0 Å². The van der Waals surface area contributed by atoms with Crippen LogP contribution >= 0.6 is 0 Å². The highest BCUT2D eigenvalue weighted by Gasteiger charge is 2.31. The lowest BCUT2D eigenvalue weighted by molar-refractivity contribution is -0.130. The van der Waals surface area contributed by atoms with Crippen molar-refractivity contribution in [1.29, 1.82) is 0 Å². The molecule has 2 aliphatic heterocycles. The van der Waals surface area contributed by atoms with Crippen molar-refractivity contribution in [3.05, 3.63) is 36.0 Å². The zero-order valence-corrected chi connectivity index (χ0v) is 17.3. The lowest BCUT2D eigenvalue weighted by Crippen LogP contribution is -2.45. The lowest BCUT2D eigenvalue weighted by Gasteiger charge is -2.34. The van der Waals surface area contributed by atoms with Crippen LogP contribution in [-0.4, -0.2) is 58.1 Å². The predicted octanol–water partition coefficient (Wildman–Crippen LogP) is 2.95. The second-order valence-corrected chi connectivity index (χ2v) is 8.76. The molecule has 154 valence electrons. The van der Waals surface area contributed by atoms with E-state index < -0.39 is 11.7 Å². The smallest absolute Gasteiger partial charge is 0.295 e. The molecular formula is C23H29N3O3. The van der Waals surface area contributed by atoms with Gasteiger partial charge in [0.05, 0.1) is 5.56 Å². The maximum atomic E-state index is 13.1. The van der Waals surface area contributed by atoms with Crippen LogP contribution in [0, 0.1) is 11.8 Å². The predicted molar refractivity (Wildman–Crippen MR) is 112 cm³/mol. The van der Waals surface area contributed by atoms with Gasteiger partial charge in [0.15, 0.2) is 0 Å². The standard InChI is InChI=1S/C23H29N3O3/c1-16-11-17(2)13-26(12-16)23(29)22(28)19-14-25(20-8-4-3-7-18(19)20)15-21(27)24-9-5-6-10-24/h3-4,7-8,14,16-17H,5-6,9-13,15H2,1-2H3. The van der Waals surface area contributed by atoms with Gasteiger partial charge >= 0.3 is 0 Å². The van der Waals surface area contributed by atoms with E-state index >= 15 is 0 Å². The third-order valence-electron chi connectivity index (χ3n) is 6.15. The fourth-order valence-corrected chi connectivity index (χ4v) is 4.86. The fraction of sp³-hybridized carbons (Fsp3) is 0.522. The maximum Gasteiger partial charge on any atom is 0.295 e. The molecular weight excluding hydrogens is 366 g/mol. The number of Topliss-reactive ketones (excluding diaryl/α,β-unsaturated/α-hetero) is 1. The van der Waals surface area contributed by atoms with Crippen LogP contribution in [-0.2, 0) is 16.1 Å².